The number of benzene rings is 1. The van der Waals surface area contributed by atoms with Gasteiger partial charge in [0.05, 0.1) is 12.1 Å². The average molecular weight is 428 g/mol. The van der Waals surface area contributed by atoms with Crippen molar-refractivity contribution in [3.05, 3.63) is 53.6 Å². The molecule has 1 aromatic carbocycles. The molecule has 31 heavy (non-hydrogen) atoms. The Morgan fingerprint density at radius 1 is 1.23 bits per heavy atom. The van der Waals surface area contributed by atoms with Gasteiger partial charge in [-0.1, -0.05) is 0 Å². The van der Waals surface area contributed by atoms with Crippen molar-refractivity contribution in [2.24, 2.45) is 0 Å². The second-order valence-corrected chi connectivity index (χ2v) is 7.79. The quantitative estimate of drug-likeness (QED) is 0.649. The lowest BCUT2D eigenvalue weighted by atomic mass is 10.0. The number of aromatic nitrogens is 3. The standard InChI is InChI=1S/C21H19F3N6O/c1-12-6-13(2-4-25-12)19-16-7-14-9-30(15-3-5-29(10-15)11-21(22,23)24)20(31)26-17(14)8-18(16)27-28-19/h2,4,6-8,10H,3,5,9,11H2,1H3,(H,26,31)(H,27,28). The first-order valence-electron chi connectivity index (χ1n) is 9.81. The number of nitrogens with zero attached hydrogens (tertiary/aromatic N) is 4. The van der Waals surface area contributed by atoms with Crippen LogP contribution in [0.1, 0.15) is 17.7 Å². The highest BCUT2D eigenvalue weighted by Gasteiger charge is 2.34. The molecule has 0 bridgehead atoms. The number of urea groups is 1. The summed E-state index contributed by atoms with van der Waals surface area (Å²) in [6.07, 6.45) is -0.740. The highest BCUT2D eigenvalue weighted by atomic mass is 19.4. The number of H-pyrrole nitrogens is 1. The lowest BCUT2D eigenvalue weighted by Crippen LogP contribution is -2.37. The first-order valence-corrected chi connectivity index (χ1v) is 9.81. The molecule has 2 aliphatic rings. The number of hydrogen-bond acceptors (Lipinski definition) is 4. The maximum absolute atomic E-state index is 12.7. The van der Waals surface area contributed by atoms with E-state index in [1.165, 1.54) is 16.0 Å². The summed E-state index contributed by atoms with van der Waals surface area (Å²) in [5.74, 6) is 0. The van der Waals surface area contributed by atoms with Gasteiger partial charge in [-0.05, 0) is 36.8 Å². The Labute approximate surface area is 175 Å². The Morgan fingerprint density at radius 3 is 2.84 bits per heavy atom. The van der Waals surface area contributed by atoms with Crippen LogP contribution in [-0.2, 0) is 6.54 Å². The summed E-state index contributed by atoms with van der Waals surface area (Å²) >= 11 is 0. The number of aromatic amines is 1. The highest BCUT2D eigenvalue weighted by Crippen LogP contribution is 2.35. The van der Waals surface area contributed by atoms with Crippen molar-refractivity contribution >= 4 is 22.6 Å². The molecule has 0 saturated carbocycles. The number of hydrogen-bond donors (Lipinski definition) is 2. The summed E-state index contributed by atoms with van der Waals surface area (Å²) < 4.78 is 38.1. The van der Waals surface area contributed by atoms with Gasteiger partial charge in [0.15, 0.2) is 0 Å². The summed E-state index contributed by atoms with van der Waals surface area (Å²) in [6, 6.07) is 7.28. The Hall–Kier alpha value is -3.56. The number of aryl methyl sites for hydroxylation is 1. The van der Waals surface area contributed by atoms with E-state index in [9.17, 15) is 18.0 Å². The van der Waals surface area contributed by atoms with Crippen molar-refractivity contribution in [1.29, 1.82) is 0 Å². The minimum Gasteiger partial charge on any atom is -0.367 e. The number of rotatable bonds is 3. The highest BCUT2D eigenvalue weighted by molar-refractivity contribution is 6.00. The van der Waals surface area contributed by atoms with Crippen LogP contribution in [0.3, 0.4) is 0 Å². The van der Waals surface area contributed by atoms with Crippen LogP contribution in [0.2, 0.25) is 0 Å². The summed E-state index contributed by atoms with van der Waals surface area (Å²) in [6.45, 7) is 1.40. The van der Waals surface area contributed by atoms with E-state index in [1.807, 2.05) is 31.2 Å². The van der Waals surface area contributed by atoms with Gasteiger partial charge in [-0.3, -0.25) is 15.0 Å². The Morgan fingerprint density at radius 2 is 2.06 bits per heavy atom. The summed E-state index contributed by atoms with van der Waals surface area (Å²) in [5.41, 5.74) is 5.48. The average Bonchev–Trinajstić information content (AvgIpc) is 3.31. The molecule has 0 aliphatic carbocycles. The van der Waals surface area contributed by atoms with Crippen LogP contribution < -0.4 is 5.32 Å². The maximum Gasteiger partial charge on any atom is 0.405 e. The van der Waals surface area contributed by atoms with Gasteiger partial charge < -0.3 is 10.2 Å². The number of carbonyl (C=O) groups is 1. The third kappa shape index (κ3) is 3.69. The molecule has 160 valence electrons. The third-order valence-corrected chi connectivity index (χ3v) is 5.49. The fraction of sp³-hybridized carbons (Fsp3) is 0.286. The monoisotopic (exact) mass is 428 g/mol. The molecule has 5 rings (SSSR count). The van der Waals surface area contributed by atoms with Gasteiger partial charge in [-0.25, -0.2) is 4.79 Å². The molecule has 4 heterocycles. The number of pyridine rings is 1. The zero-order valence-corrected chi connectivity index (χ0v) is 16.6. The number of alkyl halides is 3. The van der Waals surface area contributed by atoms with Crippen molar-refractivity contribution in [3.63, 3.8) is 0 Å². The number of amides is 2. The molecule has 2 aliphatic heterocycles. The molecular weight excluding hydrogens is 409 g/mol. The lowest BCUT2D eigenvalue weighted by Gasteiger charge is -2.30. The molecular formula is C21H19F3N6O. The number of halogens is 3. The molecule has 0 saturated heterocycles. The topological polar surface area (TPSA) is 77.2 Å². The van der Waals surface area contributed by atoms with E-state index in [1.54, 1.807) is 6.20 Å². The van der Waals surface area contributed by atoms with Crippen molar-refractivity contribution in [3.8, 4) is 11.3 Å². The SMILES string of the molecule is Cc1cc(-c2n[nH]c3cc4c(cc23)CN(C2=CN(CC(F)(F)F)CC2)C(=O)N4)ccn1. The first kappa shape index (κ1) is 19.4. The van der Waals surface area contributed by atoms with Crippen LogP contribution in [0.5, 0.6) is 0 Å². The van der Waals surface area contributed by atoms with Crippen LogP contribution >= 0.6 is 0 Å². The van der Waals surface area contributed by atoms with Crippen LogP contribution in [-0.4, -0.2) is 50.3 Å². The Balaban J connectivity index is 1.47. The van der Waals surface area contributed by atoms with Crippen molar-refractivity contribution < 1.29 is 18.0 Å². The van der Waals surface area contributed by atoms with Crippen LogP contribution in [0.4, 0.5) is 23.7 Å². The Kier molecular flexibility index (Phi) is 4.38. The normalized spacial score (nSPS) is 16.5. The molecule has 0 spiro atoms. The molecule has 3 aromatic rings. The van der Waals surface area contributed by atoms with E-state index in [2.05, 4.69) is 20.5 Å². The predicted molar refractivity (Wildman–Crippen MR) is 109 cm³/mol. The van der Waals surface area contributed by atoms with Crippen molar-refractivity contribution in [2.45, 2.75) is 26.1 Å². The van der Waals surface area contributed by atoms with Gasteiger partial charge in [0.1, 0.15) is 12.2 Å². The fourth-order valence-electron chi connectivity index (χ4n) is 4.08. The van der Waals surface area contributed by atoms with E-state index in [0.29, 0.717) is 17.8 Å². The van der Waals surface area contributed by atoms with Gasteiger partial charge in [0, 0.05) is 53.4 Å². The van der Waals surface area contributed by atoms with E-state index >= 15 is 0 Å². The first-order chi connectivity index (χ1) is 14.8. The van der Waals surface area contributed by atoms with Gasteiger partial charge in [0.2, 0.25) is 0 Å². The molecule has 2 aromatic heterocycles. The molecule has 10 heteroatoms. The number of fused-ring (bicyclic) bond motifs is 2. The van der Waals surface area contributed by atoms with Gasteiger partial charge in [-0.2, -0.15) is 18.3 Å². The molecule has 2 amide bonds. The zero-order chi connectivity index (χ0) is 21.8. The van der Waals surface area contributed by atoms with Crippen LogP contribution in [0, 0.1) is 6.92 Å². The predicted octanol–water partition coefficient (Wildman–Crippen LogP) is 4.39. The molecule has 0 radical (unpaired) electrons. The molecule has 0 unspecified atom stereocenters. The lowest BCUT2D eigenvalue weighted by molar-refractivity contribution is -0.139. The van der Waals surface area contributed by atoms with Gasteiger partial charge in [-0.15, -0.1) is 0 Å². The van der Waals surface area contributed by atoms with Crippen LogP contribution in [0.25, 0.3) is 22.2 Å². The molecule has 0 atom stereocenters. The minimum atomic E-state index is -4.28. The van der Waals surface area contributed by atoms with Crippen molar-refractivity contribution in [1.82, 2.24) is 25.0 Å². The van der Waals surface area contributed by atoms with Gasteiger partial charge >= 0.3 is 12.2 Å². The summed E-state index contributed by atoms with van der Waals surface area (Å²) in [7, 11) is 0. The second kappa shape index (κ2) is 7.00. The minimum absolute atomic E-state index is 0.234. The van der Waals surface area contributed by atoms with Crippen molar-refractivity contribution in [2.75, 3.05) is 18.4 Å². The molecule has 7 nitrogen and oxygen atoms in total. The maximum atomic E-state index is 12.7. The third-order valence-electron chi connectivity index (χ3n) is 5.49. The van der Waals surface area contributed by atoms with E-state index < -0.39 is 12.7 Å². The van der Waals surface area contributed by atoms with E-state index in [0.717, 1.165) is 33.4 Å². The number of nitrogens with one attached hydrogen (secondary N) is 2. The number of carbonyl (C=O) groups excluding carboxylic acids is 1. The Bertz CT molecular complexity index is 1220. The van der Waals surface area contributed by atoms with Gasteiger partial charge in [0.25, 0.3) is 0 Å². The molecule has 0 fully saturated rings. The van der Waals surface area contributed by atoms with Crippen LogP contribution in [0.15, 0.2) is 42.4 Å². The second-order valence-electron chi connectivity index (χ2n) is 7.79. The smallest absolute Gasteiger partial charge is 0.367 e. The summed E-state index contributed by atoms with van der Waals surface area (Å²) in [5, 5.41) is 11.2. The largest absolute Gasteiger partial charge is 0.405 e. The fourth-order valence-corrected chi connectivity index (χ4v) is 4.08. The molecule has 2 N–H and O–H groups in total. The zero-order valence-electron chi connectivity index (χ0n) is 16.6. The summed E-state index contributed by atoms with van der Waals surface area (Å²) in [4.78, 5) is 19.6. The van der Waals surface area contributed by atoms with E-state index in [-0.39, 0.29) is 19.1 Å². The van der Waals surface area contributed by atoms with E-state index in [4.69, 9.17) is 0 Å². The number of anilines is 1.